The molecule has 0 aliphatic carbocycles. The number of rotatable bonds is 2. The Kier molecular flexibility index (Phi) is 3.06. The van der Waals surface area contributed by atoms with Gasteiger partial charge in [-0.05, 0) is 19.5 Å². The summed E-state index contributed by atoms with van der Waals surface area (Å²) in [6.07, 6.45) is 3.75. The Morgan fingerprint density at radius 3 is 3.09 bits per heavy atom. The summed E-state index contributed by atoms with van der Waals surface area (Å²) < 4.78 is 13.0. The molecule has 1 rings (SSSR count). The van der Waals surface area contributed by atoms with Gasteiger partial charge in [-0.15, -0.1) is 0 Å². The maximum atomic E-state index is 13.0. The van der Waals surface area contributed by atoms with Crippen molar-refractivity contribution in [2.45, 2.75) is 19.8 Å². The number of hydrogen-bond acceptors (Lipinski definition) is 1. The summed E-state index contributed by atoms with van der Waals surface area (Å²) in [7, 11) is 2.03. The van der Waals surface area contributed by atoms with Crippen LogP contribution >= 0.6 is 0 Å². The molecule has 1 unspecified atom stereocenters. The van der Waals surface area contributed by atoms with Gasteiger partial charge in [-0.25, -0.2) is 4.39 Å². The molecule has 2 heteroatoms. The van der Waals surface area contributed by atoms with E-state index in [2.05, 4.69) is 11.8 Å². The van der Waals surface area contributed by atoms with Gasteiger partial charge in [0.15, 0.2) is 0 Å². The highest BCUT2D eigenvalue weighted by Gasteiger charge is 2.19. The molecule has 0 amide bonds. The maximum absolute atomic E-state index is 13.0. The highest BCUT2D eigenvalue weighted by molar-refractivity contribution is 5.03. The van der Waals surface area contributed by atoms with E-state index < -0.39 is 0 Å². The summed E-state index contributed by atoms with van der Waals surface area (Å²) in [6.45, 7) is 3.75. The second kappa shape index (κ2) is 3.86. The maximum Gasteiger partial charge on any atom is 0.102 e. The number of likely N-dealkylation sites (N-methyl/N-ethyl adjacent to an activating group) is 1. The minimum absolute atomic E-state index is 0.102. The van der Waals surface area contributed by atoms with Crippen molar-refractivity contribution in [1.82, 2.24) is 4.90 Å². The van der Waals surface area contributed by atoms with Crippen LogP contribution in [0.3, 0.4) is 0 Å². The van der Waals surface area contributed by atoms with E-state index in [-0.39, 0.29) is 11.7 Å². The third-order valence-corrected chi connectivity index (χ3v) is 2.16. The van der Waals surface area contributed by atoms with Gasteiger partial charge in [-0.1, -0.05) is 13.3 Å². The summed E-state index contributed by atoms with van der Waals surface area (Å²) in [4.78, 5) is 2.16. The Morgan fingerprint density at radius 1 is 1.73 bits per heavy atom. The lowest BCUT2D eigenvalue weighted by Gasteiger charge is -2.26. The van der Waals surface area contributed by atoms with Gasteiger partial charge in [0, 0.05) is 19.0 Å². The topological polar surface area (TPSA) is 3.24 Å². The third-order valence-electron chi connectivity index (χ3n) is 2.16. The Bertz CT molecular complexity index is 154. The summed E-state index contributed by atoms with van der Waals surface area (Å²) in [6, 6.07) is 0. The molecule has 1 aliphatic rings. The molecule has 0 radical (unpaired) electrons. The predicted octanol–water partition coefficient (Wildman–Crippen LogP) is 2.20. The van der Waals surface area contributed by atoms with Gasteiger partial charge in [-0.2, -0.15) is 0 Å². The molecule has 11 heavy (non-hydrogen) atoms. The number of hydrogen-bond donors (Lipinski definition) is 0. The fourth-order valence-electron chi connectivity index (χ4n) is 1.53. The van der Waals surface area contributed by atoms with E-state index in [1.807, 2.05) is 7.05 Å². The van der Waals surface area contributed by atoms with Crippen LogP contribution in [0.15, 0.2) is 11.9 Å². The largest absolute Gasteiger partial charge is 0.302 e. The molecule has 0 spiro atoms. The van der Waals surface area contributed by atoms with Gasteiger partial charge in [0.25, 0.3) is 0 Å². The molecule has 0 aromatic heterocycles. The van der Waals surface area contributed by atoms with Gasteiger partial charge in [-0.3, -0.25) is 0 Å². The van der Waals surface area contributed by atoms with E-state index in [0.717, 1.165) is 25.9 Å². The molecule has 0 aromatic rings. The lowest BCUT2D eigenvalue weighted by molar-refractivity contribution is 0.261. The summed E-state index contributed by atoms with van der Waals surface area (Å²) in [5.41, 5.74) is 0. The Balaban J connectivity index is 2.49. The molecule has 0 saturated carbocycles. The van der Waals surface area contributed by atoms with Gasteiger partial charge < -0.3 is 4.90 Å². The monoisotopic (exact) mass is 157 g/mol. The van der Waals surface area contributed by atoms with Crippen LogP contribution < -0.4 is 0 Å². The normalized spacial score (nSPS) is 26.8. The van der Waals surface area contributed by atoms with E-state index in [9.17, 15) is 4.39 Å². The summed E-state index contributed by atoms with van der Waals surface area (Å²) >= 11 is 0. The lowest BCUT2D eigenvalue weighted by Crippen LogP contribution is -2.30. The minimum atomic E-state index is 0.102. The van der Waals surface area contributed by atoms with Crippen LogP contribution in [0, 0.1) is 5.92 Å². The molecule has 1 nitrogen and oxygen atoms in total. The summed E-state index contributed by atoms with van der Waals surface area (Å²) in [5.74, 6) is 0.267. The van der Waals surface area contributed by atoms with E-state index in [4.69, 9.17) is 0 Å². The molecule has 0 bridgehead atoms. The highest BCUT2D eigenvalue weighted by atomic mass is 19.1. The van der Waals surface area contributed by atoms with Gasteiger partial charge in [0.1, 0.15) is 5.83 Å². The van der Waals surface area contributed by atoms with E-state index in [1.165, 1.54) is 0 Å². The van der Waals surface area contributed by atoms with Crippen LogP contribution in [0.2, 0.25) is 0 Å². The minimum Gasteiger partial charge on any atom is -0.302 e. The Labute approximate surface area is 67.9 Å². The quantitative estimate of drug-likeness (QED) is 0.594. The fraction of sp³-hybridized carbons (Fsp3) is 0.778. The van der Waals surface area contributed by atoms with Crippen molar-refractivity contribution in [2.75, 3.05) is 20.1 Å². The molecule has 64 valence electrons. The van der Waals surface area contributed by atoms with E-state index in [0.29, 0.717) is 0 Å². The van der Waals surface area contributed by atoms with Gasteiger partial charge in [0.05, 0.1) is 0 Å². The molecule has 0 aromatic carbocycles. The highest BCUT2D eigenvalue weighted by Crippen LogP contribution is 2.22. The van der Waals surface area contributed by atoms with Crippen LogP contribution in [0.5, 0.6) is 0 Å². The van der Waals surface area contributed by atoms with Crippen molar-refractivity contribution in [3.8, 4) is 0 Å². The van der Waals surface area contributed by atoms with Crippen molar-refractivity contribution >= 4 is 0 Å². The fourth-order valence-corrected chi connectivity index (χ4v) is 1.53. The van der Waals surface area contributed by atoms with Crippen LogP contribution in [0.1, 0.15) is 19.8 Å². The standard InChI is InChI=1S/C9H16FN/c1-3-4-8-7-11(2)6-5-9(8)10/h5,8H,3-4,6-7H2,1-2H3. The Hall–Kier alpha value is -0.370. The average Bonchev–Trinajstić information content (AvgIpc) is 1.98. The number of nitrogens with zero attached hydrogens (tertiary/aromatic N) is 1. The Morgan fingerprint density at radius 2 is 2.45 bits per heavy atom. The molecular formula is C9H16FN. The SMILES string of the molecule is CCCC1CN(C)CC=C1F. The molecule has 0 saturated heterocycles. The molecule has 1 aliphatic heterocycles. The second-order valence-corrected chi connectivity index (χ2v) is 3.30. The van der Waals surface area contributed by atoms with Crippen molar-refractivity contribution in [2.24, 2.45) is 5.92 Å². The lowest BCUT2D eigenvalue weighted by atomic mass is 9.99. The smallest absolute Gasteiger partial charge is 0.102 e. The summed E-state index contributed by atoms with van der Waals surface area (Å²) in [5, 5.41) is 0. The zero-order valence-corrected chi connectivity index (χ0v) is 7.31. The van der Waals surface area contributed by atoms with Crippen LogP contribution in [0.25, 0.3) is 0 Å². The van der Waals surface area contributed by atoms with Gasteiger partial charge >= 0.3 is 0 Å². The van der Waals surface area contributed by atoms with Crippen LogP contribution in [-0.4, -0.2) is 25.0 Å². The van der Waals surface area contributed by atoms with Crippen LogP contribution in [-0.2, 0) is 0 Å². The second-order valence-electron chi connectivity index (χ2n) is 3.30. The molecule has 0 fully saturated rings. The molecular weight excluding hydrogens is 141 g/mol. The first-order valence-corrected chi connectivity index (χ1v) is 4.28. The average molecular weight is 157 g/mol. The first kappa shape index (κ1) is 8.72. The molecule has 0 N–H and O–H groups in total. The van der Waals surface area contributed by atoms with Crippen LogP contribution in [0.4, 0.5) is 4.39 Å². The third kappa shape index (κ3) is 2.29. The first-order valence-electron chi connectivity index (χ1n) is 4.28. The molecule has 1 atom stereocenters. The first-order chi connectivity index (χ1) is 5.24. The van der Waals surface area contributed by atoms with E-state index >= 15 is 0 Å². The number of halogens is 1. The van der Waals surface area contributed by atoms with Crippen molar-refractivity contribution < 1.29 is 4.39 Å². The zero-order chi connectivity index (χ0) is 8.27. The zero-order valence-electron chi connectivity index (χ0n) is 7.31. The van der Waals surface area contributed by atoms with Crippen molar-refractivity contribution in [3.05, 3.63) is 11.9 Å². The van der Waals surface area contributed by atoms with Gasteiger partial charge in [0.2, 0.25) is 0 Å². The molecule has 1 heterocycles. The van der Waals surface area contributed by atoms with E-state index in [1.54, 1.807) is 6.08 Å². The van der Waals surface area contributed by atoms with Crippen molar-refractivity contribution in [3.63, 3.8) is 0 Å². The van der Waals surface area contributed by atoms with Crippen molar-refractivity contribution in [1.29, 1.82) is 0 Å². The predicted molar refractivity (Wildman–Crippen MR) is 45.1 cm³/mol.